The standard InChI is InChI=1S/C20H18F3N5O2/c21-20(22,23)14-1-3-16(4-2-14)27-7-9-28(10-8-27)19(30)18(29)26-15-11-13-5-6-24-17(13)25-12-15/h1-6,11-12H,7-10H2,(H,24,25)(H,26,29). The highest BCUT2D eigenvalue weighted by Crippen LogP contribution is 2.30. The minimum absolute atomic E-state index is 0.294. The number of H-pyrrole nitrogens is 1. The molecule has 1 aliphatic rings. The second-order valence-corrected chi connectivity index (χ2v) is 6.92. The first-order chi connectivity index (χ1) is 14.3. The third-order valence-electron chi connectivity index (χ3n) is 4.98. The lowest BCUT2D eigenvalue weighted by molar-refractivity contribution is -0.143. The first kappa shape index (κ1) is 19.7. The predicted molar refractivity (Wildman–Crippen MR) is 105 cm³/mol. The Balaban J connectivity index is 1.33. The monoisotopic (exact) mass is 417 g/mol. The molecule has 1 fully saturated rings. The van der Waals surface area contributed by atoms with E-state index in [2.05, 4.69) is 15.3 Å². The van der Waals surface area contributed by atoms with Crippen LogP contribution >= 0.6 is 0 Å². The zero-order valence-electron chi connectivity index (χ0n) is 15.7. The smallest absolute Gasteiger partial charge is 0.368 e. The van der Waals surface area contributed by atoms with Crippen LogP contribution in [0.2, 0.25) is 0 Å². The first-order valence-corrected chi connectivity index (χ1v) is 9.27. The van der Waals surface area contributed by atoms with Gasteiger partial charge in [0.25, 0.3) is 0 Å². The summed E-state index contributed by atoms with van der Waals surface area (Å²) >= 11 is 0. The minimum Gasteiger partial charge on any atom is -0.368 e. The Hall–Kier alpha value is -3.56. The molecule has 0 unspecified atom stereocenters. The number of anilines is 2. The van der Waals surface area contributed by atoms with Crippen LogP contribution in [0.4, 0.5) is 24.5 Å². The van der Waals surface area contributed by atoms with Crippen molar-refractivity contribution >= 4 is 34.2 Å². The first-order valence-electron chi connectivity index (χ1n) is 9.27. The molecule has 30 heavy (non-hydrogen) atoms. The molecular weight excluding hydrogens is 399 g/mol. The summed E-state index contributed by atoms with van der Waals surface area (Å²) in [7, 11) is 0. The van der Waals surface area contributed by atoms with Gasteiger partial charge in [0, 0.05) is 43.4 Å². The zero-order valence-corrected chi connectivity index (χ0v) is 15.7. The van der Waals surface area contributed by atoms with Gasteiger partial charge in [0.2, 0.25) is 0 Å². The Morgan fingerprint density at radius 3 is 2.40 bits per heavy atom. The van der Waals surface area contributed by atoms with Gasteiger partial charge >= 0.3 is 18.0 Å². The van der Waals surface area contributed by atoms with Crippen LogP contribution in [0.15, 0.2) is 48.8 Å². The Morgan fingerprint density at radius 1 is 1.03 bits per heavy atom. The number of hydrogen-bond donors (Lipinski definition) is 2. The molecule has 156 valence electrons. The summed E-state index contributed by atoms with van der Waals surface area (Å²) in [6, 6.07) is 8.42. The van der Waals surface area contributed by atoms with E-state index in [1.54, 1.807) is 18.3 Å². The highest BCUT2D eigenvalue weighted by atomic mass is 19.4. The summed E-state index contributed by atoms with van der Waals surface area (Å²) in [4.78, 5) is 35.2. The van der Waals surface area contributed by atoms with Gasteiger partial charge in [-0.1, -0.05) is 0 Å². The number of piperazine rings is 1. The third-order valence-corrected chi connectivity index (χ3v) is 4.98. The molecule has 0 spiro atoms. The van der Waals surface area contributed by atoms with Crippen LogP contribution in [-0.4, -0.2) is 52.9 Å². The van der Waals surface area contributed by atoms with Crippen molar-refractivity contribution in [3.05, 3.63) is 54.4 Å². The topological polar surface area (TPSA) is 81.3 Å². The lowest BCUT2D eigenvalue weighted by Crippen LogP contribution is -2.51. The van der Waals surface area contributed by atoms with Crippen molar-refractivity contribution in [3.8, 4) is 0 Å². The van der Waals surface area contributed by atoms with Gasteiger partial charge in [-0.05, 0) is 36.4 Å². The fraction of sp³-hybridized carbons (Fsp3) is 0.250. The average molecular weight is 417 g/mol. The number of nitrogens with zero attached hydrogens (tertiary/aromatic N) is 3. The van der Waals surface area contributed by atoms with E-state index in [4.69, 9.17) is 0 Å². The molecule has 1 saturated heterocycles. The van der Waals surface area contributed by atoms with Crippen molar-refractivity contribution in [2.75, 3.05) is 36.4 Å². The summed E-state index contributed by atoms with van der Waals surface area (Å²) in [5.74, 6) is -1.41. The maximum Gasteiger partial charge on any atom is 0.416 e. The number of benzene rings is 1. The number of rotatable bonds is 2. The quantitative estimate of drug-likeness (QED) is 0.629. The third kappa shape index (κ3) is 4.07. The van der Waals surface area contributed by atoms with E-state index in [0.717, 1.165) is 17.5 Å². The summed E-state index contributed by atoms with van der Waals surface area (Å²) in [6.45, 7) is 1.42. The van der Waals surface area contributed by atoms with Crippen molar-refractivity contribution in [1.82, 2.24) is 14.9 Å². The maximum atomic E-state index is 12.7. The molecule has 0 radical (unpaired) electrons. The largest absolute Gasteiger partial charge is 0.416 e. The number of amides is 2. The molecule has 0 aliphatic carbocycles. The summed E-state index contributed by atoms with van der Waals surface area (Å²) in [6.07, 6.45) is -1.19. The fourth-order valence-corrected chi connectivity index (χ4v) is 3.37. The van der Waals surface area contributed by atoms with Crippen LogP contribution < -0.4 is 10.2 Å². The van der Waals surface area contributed by atoms with Gasteiger partial charge in [-0.25, -0.2) is 4.98 Å². The minimum atomic E-state index is -4.38. The molecule has 4 rings (SSSR count). The number of pyridine rings is 1. The van der Waals surface area contributed by atoms with Crippen LogP contribution in [0, 0.1) is 0 Å². The van der Waals surface area contributed by atoms with Crippen LogP contribution in [0.3, 0.4) is 0 Å². The molecule has 1 aromatic carbocycles. The van der Waals surface area contributed by atoms with E-state index in [-0.39, 0.29) is 0 Å². The number of halogens is 3. The van der Waals surface area contributed by atoms with Gasteiger partial charge in [-0.15, -0.1) is 0 Å². The van der Waals surface area contributed by atoms with Gasteiger partial charge in [-0.3, -0.25) is 9.59 Å². The number of alkyl halides is 3. The SMILES string of the molecule is O=C(Nc1cnc2[nH]ccc2c1)C(=O)N1CCN(c2ccc(C(F)(F)F)cc2)CC1. The van der Waals surface area contributed by atoms with E-state index >= 15 is 0 Å². The van der Waals surface area contributed by atoms with Crippen molar-refractivity contribution in [2.24, 2.45) is 0 Å². The molecule has 0 bridgehead atoms. The molecule has 10 heteroatoms. The number of carbonyl (C=O) groups excluding carboxylic acids is 2. The molecule has 2 N–H and O–H groups in total. The van der Waals surface area contributed by atoms with Gasteiger partial charge in [0.15, 0.2) is 0 Å². The molecular formula is C20H18F3N5O2. The highest BCUT2D eigenvalue weighted by molar-refractivity contribution is 6.39. The van der Waals surface area contributed by atoms with Crippen molar-refractivity contribution in [1.29, 1.82) is 0 Å². The number of hydrogen-bond acceptors (Lipinski definition) is 4. The summed E-state index contributed by atoms with van der Waals surface area (Å²) in [5.41, 5.74) is 1.04. The summed E-state index contributed by atoms with van der Waals surface area (Å²) in [5, 5.41) is 3.37. The Bertz CT molecular complexity index is 1070. The van der Waals surface area contributed by atoms with Crippen LogP contribution in [0.1, 0.15) is 5.56 Å². The molecule has 0 saturated carbocycles. The van der Waals surface area contributed by atoms with Crippen LogP contribution in [0.5, 0.6) is 0 Å². The zero-order chi connectivity index (χ0) is 21.3. The fourth-order valence-electron chi connectivity index (χ4n) is 3.37. The van der Waals surface area contributed by atoms with Gasteiger partial charge in [0.1, 0.15) is 5.65 Å². The van der Waals surface area contributed by atoms with Crippen molar-refractivity contribution in [3.63, 3.8) is 0 Å². The molecule has 1 aliphatic heterocycles. The lowest BCUT2D eigenvalue weighted by atomic mass is 10.1. The van der Waals surface area contributed by atoms with Gasteiger partial charge in [-0.2, -0.15) is 13.2 Å². The Morgan fingerprint density at radius 2 is 1.73 bits per heavy atom. The number of carbonyl (C=O) groups is 2. The molecule has 7 nitrogen and oxygen atoms in total. The predicted octanol–water partition coefficient (Wildman–Crippen LogP) is 2.87. The molecule has 2 aromatic heterocycles. The van der Waals surface area contributed by atoms with E-state index in [0.29, 0.717) is 43.2 Å². The lowest BCUT2D eigenvalue weighted by Gasteiger charge is -2.35. The van der Waals surface area contributed by atoms with Gasteiger partial charge < -0.3 is 20.1 Å². The number of fused-ring (bicyclic) bond motifs is 1. The van der Waals surface area contributed by atoms with E-state index in [1.165, 1.54) is 23.2 Å². The van der Waals surface area contributed by atoms with E-state index in [1.807, 2.05) is 4.90 Å². The second kappa shape index (κ2) is 7.69. The maximum absolute atomic E-state index is 12.7. The normalized spacial score (nSPS) is 14.8. The molecule has 3 aromatic rings. The van der Waals surface area contributed by atoms with Gasteiger partial charge in [0.05, 0.1) is 17.4 Å². The second-order valence-electron chi connectivity index (χ2n) is 6.92. The van der Waals surface area contributed by atoms with E-state index < -0.39 is 23.6 Å². The molecule has 0 atom stereocenters. The Kier molecular flexibility index (Phi) is 5.06. The van der Waals surface area contributed by atoms with Crippen LogP contribution in [0.25, 0.3) is 11.0 Å². The molecule has 2 amide bonds. The highest BCUT2D eigenvalue weighted by Gasteiger charge is 2.31. The molecule has 3 heterocycles. The number of aromatic amines is 1. The van der Waals surface area contributed by atoms with Crippen molar-refractivity contribution in [2.45, 2.75) is 6.18 Å². The number of nitrogens with one attached hydrogen (secondary N) is 2. The van der Waals surface area contributed by atoms with Crippen LogP contribution in [-0.2, 0) is 15.8 Å². The Labute approximate surface area is 169 Å². The van der Waals surface area contributed by atoms with Crippen molar-refractivity contribution < 1.29 is 22.8 Å². The van der Waals surface area contributed by atoms with E-state index in [9.17, 15) is 22.8 Å². The number of aromatic nitrogens is 2. The summed E-state index contributed by atoms with van der Waals surface area (Å²) < 4.78 is 38.1. The average Bonchev–Trinajstić information content (AvgIpc) is 3.21.